The Kier molecular flexibility index (Phi) is 5.35. The topological polar surface area (TPSA) is 18.5 Å². The van der Waals surface area contributed by atoms with Gasteiger partial charge in [-0.2, -0.15) is 0 Å². The highest BCUT2D eigenvalue weighted by atomic mass is 79.9. The molecule has 108 valence electrons. The third-order valence-corrected chi connectivity index (χ3v) is 5.46. The molecule has 2 rings (SSSR count). The Balaban J connectivity index is 2.46. The van der Waals surface area contributed by atoms with E-state index >= 15 is 0 Å². The van der Waals surface area contributed by atoms with Crippen molar-refractivity contribution in [1.29, 1.82) is 0 Å². The average molecular weight is 376 g/mol. The standard InChI is InChI=1S/C15H16BrClO2S/c1-4-9-5-6-20-15(9)14(17)10-7-12(18-2)13(19-3)8-11(10)16/h5-8,14H,4H2,1-3H3. The third kappa shape index (κ3) is 2.97. The molecule has 1 aromatic carbocycles. The first-order valence-corrected chi connectivity index (χ1v) is 8.35. The zero-order chi connectivity index (χ0) is 14.7. The fourth-order valence-electron chi connectivity index (χ4n) is 2.07. The van der Waals surface area contributed by atoms with Gasteiger partial charge in [-0.15, -0.1) is 22.9 Å². The number of halogens is 2. The van der Waals surface area contributed by atoms with Crippen LogP contribution < -0.4 is 9.47 Å². The van der Waals surface area contributed by atoms with Gasteiger partial charge in [0.15, 0.2) is 11.5 Å². The lowest BCUT2D eigenvalue weighted by Crippen LogP contribution is -1.98. The van der Waals surface area contributed by atoms with Crippen molar-refractivity contribution in [3.8, 4) is 11.5 Å². The molecule has 0 radical (unpaired) electrons. The van der Waals surface area contributed by atoms with E-state index in [1.165, 1.54) is 10.4 Å². The smallest absolute Gasteiger partial charge is 0.161 e. The van der Waals surface area contributed by atoms with E-state index in [0.29, 0.717) is 11.5 Å². The molecule has 0 amide bonds. The molecule has 0 spiro atoms. The molecule has 0 aliphatic heterocycles. The van der Waals surface area contributed by atoms with Gasteiger partial charge in [-0.1, -0.05) is 22.9 Å². The zero-order valence-corrected chi connectivity index (χ0v) is 14.7. The normalized spacial score (nSPS) is 12.2. The van der Waals surface area contributed by atoms with Gasteiger partial charge in [-0.25, -0.2) is 0 Å². The molecular formula is C15H16BrClO2S. The molecule has 0 saturated carbocycles. The molecule has 2 nitrogen and oxygen atoms in total. The second kappa shape index (κ2) is 6.83. The van der Waals surface area contributed by atoms with E-state index in [9.17, 15) is 0 Å². The Morgan fingerprint density at radius 2 is 1.90 bits per heavy atom. The molecule has 5 heteroatoms. The minimum atomic E-state index is -0.195. The van der Waals surface area contributed by atoms with Crippen LogP contribution >= 0.6 is 38.9 Å². The molecule has 0 N–H and O–H groups in total. The number of thiophene rings is 1. The van der Waals surface area contributed by atoms with E-state index in [-0.39, 0.29) is 5.38 Å². The molecule has 1 aromatic heterocycles. The summed E-state index contributed by atoms with van der Waals surface area (Å²) in [5, 5.41) is 1.89. The van der Waals surface area contributed by atoms with Crippen LogP contribution in [0.15, 0.2) is 28.1 Å². The first-order chi connectivity index (χ1) is 9.62. The van der Waals surface area contributed by atoms with Gasteiger partial charge < -0.3 is 9.47 Å². The Labute approximate surface area is 136 Å². The fourth-order valence-corrected chi connectivity index (χ4v) is 4.21. The molecule has 1 heterocycles. The number of methoxy groups -OCH3 is 2. The largest absolute Gasteiger partial charge is 0.493 e. The van der Waals surface area contributed by atoms with Crippen LogP contribution in [0.1, 0.15) is 28.3 Å². The SMILES string of the molecule is CCc1ccsc1C(Cl)c1cc(OC)c(OC)cc1Br. The first-order valence-electron chi connectivity index (χ1n) is 6.24. The highest BCUT2D eigenvalue weighted by Gasteiger charge is 2.20. The zero-order valence-electron chi connectivity index (χ0n) is 11.6. The van der Waals surface area contributed by atoms with Gasteiger partial charge >= 0.3 is 0 Å². The van der Waals surface area contributed by atoms with Crippen molar-refractivity contribution in [3.63, 3.8) is 0 Å². The molecule has 1 atom stereocenters. The molecule has 20 heavy (non-hydrogen) atoms. The summed E-state index contributed by atoms with van der Waals surface area (Å²) in [5.41, 5.74) is 2.28. The minimum Gasteiger partial charge on any atom is -0.493 e. The molecule has 1 unspecified atom stereocenters. The summed E-state index contributed by atoms with van der Waals surface area (Å²) >= 11 is 11.9. The molecular weight excluding hydrogens is 360 g/mol. The van der Waals surface area contributed by atoms with Gasteiger partial charge in [0, 0.05) is 9.35 Å². The van der Waals surface area contributed by atoms with Crippen molar-refractivity contribution in [2.75, 3.05) is 14.2 Å². The third-order valence-electron chi connectivity index (χ3n) is 3.17. The molecule has 0 saturated heterocycles. The predicted molar refractivity (Wildman–Crippen MR) is 88.6 cm³/mol. The van der Waals surface area contributed by atoms with Crippen LogP contribution in [0.3, 0.4) is 0 Å². The van der Waals surface area contributed by atoms with E-state index < -0.39 is 0 Å². The number of hydrogen-bond donors (Lipinski definition) is 0. The Bertz CT molecular complexity index is 598. The van der Waals surface area contributed by atoms with E-state index in [2.05, 4.69) is 34.3 Å². The van der Waals surface area contributed by atoms with Crippen LogP contribution in [0.2, 0.25) is 0 Å². The number of hydrogen-bond acceptors (Lipinski definition) is 3. The van der Waals surface area contributed by atoms with E-state index in [1.54, 1.807) is 25.6 Å². The van der Waals surface area contributed by atoms with Crippen LogP contribution in [-0.2, 0) is 6.42 Å². The van der Waals surface area contributed by atoms with Gasteiger partial charge in [0.1, 0.15) is 0 Å². The van der Waals surface area contributed by atoms with Crippen molar-refractivity contribution in [1.82, 2.24) is 0 Å². The number of rotatable bonds is 5. The monoisotopic (exact) mass is 374 g/mol. The summed E-state index contributed by atoms with van der Waals surface area (Å²) < 4.78 is 11.6. The van der Waals surface area contributed by atoms with Gasteiger partial charge in [0.05, 0.1) is 19.6 Å². The molecule has 0 aliphatic rings. The summed E-state index contributed by atoms with van der Waals surface area (Å²) in [6.07, 6.45) is 0.979. The summed E-state index contributed by atoms with van der Waals surface area (Å²) in [5.74, 6) is 1.37. The minimum absolute atomic E-state index is 0.195. The highest BCUT2D eigenvalue weighted by Crippen LogP contribution is 2.42. The van der Waals surface area contributed by atoms with E-state index in [4.69, 9.17) is 21.1 Å². The van der Waals surface area contributed by atoms with Crippen LogP contribution in [0.25, 0.3) is 0 Å². The molecule has 0 fully saturated rings. The maximum Gasteiger partial charge on any atom is 0.161 e. The van der Waals surface area contributed by atoms with Gasteiger partial charge in [-0.3, -0.25) is 0 Å². The maximum absolute atomic E-state index is 6.67. The summed E-state index contributed by atoms with van der Waals surface area (Å²) in [6.45, 7) is 2.14. The van der Waals surface area contributed by atoms with Gasteiger partial charge in [0.2, 0.25) is 0 Å². The van der Waals surface area contributed by atoms with E-state index in [0.717, 1.165) is 16.5 Å². The van der Waals surface area contributed by atoms with Gasteiger partial charge in [-0.05, 0) is 41.1 Å². The van der Waals surface area contributed by atoms with Crippen molar-refractivity contribution in [2.24, 2.45) is 0 Å². The van der Waals surface area contributed by atoms with Crippen molar-refractivity contribution in [3.05, 3.63) is 44.1 Å². The number of aryl methyl sites for hydroxylation is 1. The number of alkyl halides is 1. The molecule has 0 aliphatic carbocycles. The Morgan fingerprint density at radius 3 is 2.50 bits per heavy atom. The number of benzene rings is 1. The summed E-state index contributed by atoms with van der Waals surface area (Å²) in [4.78, 5) is 1.18. The second-order valence-electron chi connectivity index (χ2n) is 4.25. The summed E-state index contributed by atoms with van der Waals surface area (Å²) in [6, 6.07) is 5.95. The lowest BCUT2D eigenvalue weighted by molar-refractivity contribution is 0.354. The maximum atomic E-state index is 6.67. The lowest BCUT2D eigenvalue weighted by atomic mass is 10.1. The van der Waals surface area contributed by atoms with Crippen molar-refractivity contribution in [2.45, 2.75) is 18.7 Å². The fraction of sp³-hybridized carbons (Fsp3) is 0.333. The highest BCUT2D eigenvalue weighted by molar-refractivity contribution is 9.10. The molecule has 0 bridgehead atoms. The van der Waals surface area contributed by atoms with Crippen LogP contribution in [0.4, 0.5) is 0 Å². The lowest BCUT2D eigenvalue weighted by Gasteiger charge is -2.16. The molecule has 2 aromatic rings. The Hall–Kier alpha value is -0.710. The average Bonchev–Trinajstić information content (AvgIpc) is 2.94. The van der Waals surface area contributed by atoms with Crippen molar-refractivity contribution < 1.29 is 9.47 Å². The Morgan fingerprint density at radius 1 is 1.25 bits per heavy atom. The van der Waals surface area contributed by atoms with Crippen LogP contribution in [0.5, 0.6) is 11.5 Å². The van der Waals surface area contributed by atoms with Crippen LogP contribution in [-0.4, -0.2) is 14.2 Å². The summed E-state index contributed by atoms with van der Waals surface area (Å²) in [7, 11) is 3.25. The van der Waals surface area contributed by atoms with Crippen LogP contribution in [0, 0.1) is 0 Å². The van der Waals surface area contributed by atoms with E-state index in [1.807, 2.05) is 12.1 Å². The van der Waals surface area contributed by atoms with Crippen molar-refractivity contribution >= 4 is 38.9 Å². The predicted octanol–water partition coefficient (Wildman–Crippen LogP) is 5.42. The van der Waals surface area contributed by atoms with Gasteiger partial charge in [0.25, 0.3) is 0 Å². The quantitative estimate of drug-likeness (QED) is 0.650. The second-order valence-corrected chi connectivity index (χ2v) is 6.49. The number of ether oxygens (including phenoxy) is 2. The first kappa shape index (κ1) is 15.7.